The van der Waals surface area contributed by atoms with Crippen LogP contribution >= 0.6 is 7.82 Å². The Balaban J connectivity index is 4.16. The van der Waals surface area contributed by atoms with Gasteiger partial charge in [-0.3, -0.25) is 4.57 Å². The van der Waals surface area contributed by atoms with Crippen LogP contribution in [0.1, 0.15) is 13.8 Å². The van der Waals surface area contributed by atoms with Crippen LogP contribution < -0.4 is 4.89 Å². The molecule has 1 unspecified atom stereocenters. The van der Waals surface area contributed by atoms with Crippen LogP contribution in [0, 0.1) is 0 Å². The van der Waals surface area contributed by atoms with Gasteiger partial charge in [-0.15, -0.1) is 6.58 Å². The predicted octanol–water partition coefficient (Wildman–Crippen LogP) is 0.523. The molecule has 7 heteroatoms. The molecular weight excluding hydrogens is 257 g/mol. The van der Waals surface area contributed by atoms with Gasteiger partial charge < -0.3 is 23.5 Å². The maximum atomic E-state index is 10.5. The number of hydrogen-bond donors (Lipinski definition) is 1. The summed E-state index contributed by atoms with van der Waals surface area (Å²) in [4.78, 5) is 19.1. The van der Waals surface area contributed by atoms with E-state index in [-0.39, 0.29) is 6.61 Å². The van der Waals surface area contributed by atoms with Crippen LogP contribution in [0.2, 0.25) is 0 Å². The van der Waals surface area contributed by atoms with Crippen molar-refractivity contribution in [3.05, 3.63) is 12.7 Å². The van der Waals surface area contributed by atoms with E-state index in [0.717, 1.165) is 19.6 Å². The molecule has 6 nitrogen and oxygen atoms in total. The Bertz CT molecular complexity index is 275. The van der Waals surface area contributed by atoms with E-state index in [0.29, 0.717) is 24.2 Å². The third-order valence-electron chi connectivity index (χ3n) is 3.11. The molecule has 0 aliphatic rings. The molecule has 0 aliphatic carbocycles. The van der Waals surface area contributed by atoms with Crippen molar-refractivity contribution in [2.24, 2.45) is 0 Å². The fourth-order valence-corrected chi connectivity index (χ4v) is 2.05. The monoisotopic (exact) mass is 281 g/mol. The fraction of sp³-hybridized carbons (Fsp3) is 0.818. The Labute approximate surface area is 109 Å². The lowest BCUT2D eigenvalue weighted by atomic mass is 10.3. The molecule has 0 heterocycles. The molecule has 0 radical (unpaired) electrons. The van der Waals surface area contributed by atoms with E-state index in [1.165, 1.54) is 0 Å². The maximum Gasteiger partial charge on any atom is 0.265 e. The number of ether oxygens (including phenoxy) is 1. The van der Waals surface area contributed by atoms with Crippen molar-refractivity contribution in [3.8, 4) is 0 Å². The van der Waals surface area contributed by atoms with Gasteiger partial charge in [0.05, 0.1) is 26.3 Å². The molecule has 0 aromatic heterocycles. The molecule has 0 bridgehead atoms. The molecular formula is C11H24NO5P. The lowest BCUT2D eigenvalue weighted by molar-refractivity contribution is -0.925. The lowest BCUT2D eigenvalue weighted by Crippen LogP contribution is -2.51. The molecule has 18 heavy (non-hydrogen) atoms. The number of likely N-dealkylation sites (N-methyl/N-ethyl adjacent to an activating group) is 1. The number of phosphoric ester groups is 1. The second-order valence-electron chi connectivity index (χ2n) is 4.09. The normalized spacial score (nSPS) is 15.3. The summed E-state index contributed by atoms with van der Waals surface area (Å²) in [7, 11) is -4.61. The molecule has 0 aliphatic heterocycles. The Kier molecular flexibility index (Phi) is 8.69. The highest BCUT2D eigenvalue weighted by atomic mass is 31.2. The molecule has 108 valence electrons. The third-order valence-corrected chi connectivity index (χ3v) is 3.62. The van der Waals surface area contributed by atoms with Crippen molar-refractivity contribution in [2.75, 3.05) is 46.0 Å². The molecule has 0 saturated heterocycles. The molecule has 0 saturated carbocycles. The first kappa shape index (κ1) is 17.8. The number of hydrogen-bond acceptors (Lipinski definition) is 4. The quantitative estimate of drug-likeness (QED) is 0.258. The van der Waals surface area contributed by atoms with Gasteiger partial charge in [-0.2, -0.15) is 0 Å². The first-order valence-electron chi connectivity index (χ1n) is 6.11. The minimum absolute atomic E-state index is 0.0135. The van der Waals surface area contributed by atoms with Crippen LogP contribution in [0.5, 0.6) is 0 Å². The molecule has 1 N–H and O–H groups in total. The number of phosphoric acid groups is 1. The van der Waals surface area contributed by atoms with Crippen molar-refractivity contribution < 1.29 is 28.1 Å². The second-order valence-corrected chi connectivity index (χ2v) is 5.28. The second kappa shape index (κ2) is 8.80. The van der Waals surface area contributed by atoms with E-state index < -0.39 is 7.82 Å². The highest BCUT2D eigenvalue weighted by Gasteiger charge is 2.23. The van der Waals surface area contributed by atoms with Crippen molar-refractivity contribution in [2.45, 2.75) is 13.8 Å². The average Bonchev–Trinajstić information content (AvgIpc) is 2.31. The number of quaternary nitrogens is 1. The molecule has 0 aromatic rings. The van der Waals surface area contributed by atoms with Crippen molar-refractivity contribution >= 4 is 7.82 Å². The summed E-state index contributed by atoms with van der Waals surface area (Å²) in [5.74, 6) is 0. The fourth-order valence-electron chi connectivity index (χ4n) is 1.74. The summed E-state index contributed by atoms with van der Waals surface area (Å²) in [6.07, 6.45) is 1.69. The molecule has 0 rings (SSSR count). The first-order chi connectivity index (χ1) is 8.39. The minimum Gasteiger partial charge on any atom is -0.756 e. The minimum atomic E-state index is -4.61. The van der Waals surface area contributed by atoms with E-state index in [4.69, 9.17) is 9.63 Å². The van der Waals surface area contributed by atoms with E-state index in [2.05, 4.69) is 11.1 Å². The molecule has 0 aromatic carbocycles. The molecule has 1 atom stereocenters. The summed E-state index contributed by atoms with van der Waals surface area (Å²) >= 11 is 0. The first-order valence-corrected chi connectivity index (χ1v) is 7.60. The summed E-state index contributed by atoms with van der Waals surface area (Å²) in [6, 6.07) is 0. The van der Waals surface area contributed by atoms with Crippen LogP contribution in [0.4, 0.5) is 0 Å². The smallest absolute Gasteiger partial charge is 0.265 e. The highest BCUT2D eigenvalue weighted by molar-refractivity contribution is 7.44. The summed E-state index contributed by atoms with van der Waals surface area (Å²) in [6.45, 7) is 11.7. The summed E-state index contributed by atoms with van der Waals surface area (Å²) in [5, 5.41) is 0. The van der Waals surface area contributed by atoms with Crippen LogP contribution in [0.25, 0.3) is 0 Å². The zero-order valence-electron chi connectivity index (χ0n) is 11.2. The van der Waals surface area contributed by atoms with Crippen LogP contribution in [-0.4, -0.2) is 55.4 Å². The van der Waals surface area contributed by atoms with Gasteiger partial charge in [0.15, 0.2) is 0 Å². The van der Waals surface area contributed by atoms with Crippen LogP contribution in [0.3, 0.4) is 0 Å². The zero-order valence-corrected chi connectivity index (χ0v) is 12.1. The Morgan fingerprint density at radius 1 is 1.33 bits per heavy atom. The Morgan fingerprint density at radius 3 is 2.33 bits per heavy atom. The van der Waals surface area contributed by atoms with Gasteiger partial charge in [0.1, 0.15) is 19.7 Å². The predicted molar refractivity (Wildman–Crippen MR) is 67.9 cm³/mol. The largest absolute Gasteiger partial charge is 0.756 e. The van der Waals surface area contributed by atoms with Crippen LogP contribution in [-0.2, 0) is 13.8 Å². The van der Waals surface area contributed by atoms with Crippen molar-refractivity contribution in [3.63, 3.8) is 0 Å². The van der Waals surface area contributed by atoms with Gasteiger partial charge in [-0.05, 0) is 13.8 Å². The number of nitrogens with zero attached hydrogens (tertiary/aromatic N) is 1. The van der Waals surface area contributed by atoms with Gasteiger partial charge in [-0.25, -0.2) is 0 Å². The highest BCUT2D eigenvalue weighted by Crippen LogP contribution is 2.30. The standard InChI is InChI=1S/C11H24NO5P/c1-4-9-16-10-7-12(5-2,6-3)8-11-17-18(13,14)15/h4H,1,5-11H2,2-3H3,(H-,13,14,15). The lowest BCUT2D eigenvalue weighted by Gasteiger charge is -2.37. The SMILES string of the molecule is C=CCOCC[N+](CC)(CC)CCOP(=O)([O-])O. The zero-order chi connectivity index (χ0) is 14.1. The number of rotatable bonds is 11. The van der Waals surface area contributed by atoms with Crippen molar-refractivity contribution in [1.29, 1.82) is 0 Å². The van der Waals surface area contributed by atoms with Crippen molar-refractivity contribution in [1.82, 2.24) is 0 Å². The van der Waals surface area contributed by atoms with Gasteiger partial charge in [0.25, 0.3) is 7.82 Å². The van der Waals surface area contributed by atoms with Crippen LogP contribution in [0.15, 0.2) is 12.7 Å². The van der Waals surface area contributed by atoms with E-state index >= 15 is 0 Å². The van der Waals surface area contributed by atoms with E-state index in [9.17, 15) is 9.46 Å². The topological polar surface area (TPSA) is 78.8 Å². The maximum absolute atomic E-state index is 10.5. The third kappa shape index (κ3) is 7.97. The van der Waals surface area contributed by atoms with Gasteiger partial charge in [-0.1, -0.05) is 6.08 Å². The summed E-state index contributed by atoms with van der Waals surface area (Å²) < 4.78 is 21.0. The van der Waals surface area contributed by atoms with E-state index in [1.807, 2.05) is 13.8 Å². The average molecular weight is 281 g/mol. The molecule has 0 amide bonds. The Morgan fingerprint density at radius 2 is 1.89 bits per heavy atom. The van der Waals surface area contributed by atoms with E-state index in [1.54, 1.807) is 6.08 Å². The summed E-state index contributed by atoms with van der Waals surface area (Å²) in [5.41, 5.74) is 0. The van der Waals surface area contributed by atoms with Gasteiger partial charge in [0, 0.05) is 0 Å². The molecule has 0 fully saturated rings. The molecule has 0 spiro atoms. The van der Waals surface area contributed by atoms with Gasteiger partial charge in [0.2, 0.25) is 0 Å². The Hall–Kier alpha value is -0.230. The van der Waals surface area contributed by atoms with Gasteiger partial charge >= 0.3 is 0 Å².